The summed E-state index contributed by atoms with van der Waals surface area (Å²) in [5.74, 6) is 0. The summed E-state index contributed by atoms with van der Waals surface area (Å²) in [4.78, 5) is 1.94. The molecule has 94 valence electrons. The molecule has 0 unspecified atom stereocenters. The lowest BCUT2D eigenvalue weighted by Gasteiger charge is -2.09. The molecule has 0 aliphatic carbocycles. The zero-order valence-corrected chi connectivity index (χ0v) is 11.3. The molecule has 0 saturated heterocycles. The van der Waals surface area contributed by atoms with Gasteiger partial charge in [0.25, 0.3) is 0 Å². The van der Waals surface area contributed by atoms with Gasteiger partial charge in [0, 0.05) is 19.6 Å². The number of hydrogen-bond acceptors (Lipinski definition) is 1. The van der Waals surface area contributed by atoms with Gasteiger partial charge in [0.15, 0.2) is 0 Å². The number of rotatable bonds is 11. The van der Waals surface area contributed by atoms with E-state index >= 15 is 0 Å². The third-order valence-corrected chi connectivity index (χ3v) is 3.07. The van der Waals surface area contributed by atoms with Gasteiger partial charge in [-0.25, -0.2) is 0 Å². The van der Waals surface area contributed by atoms with E-state index in [0.29, 0.717) is 0 Å². The highest BCUT2D eigenvalue weighted by Gasteiger charge is 1.93. The summed E-state index contributed by atoms with van der Waals surface area (Å²) in [7, 11) is 1.98. The molecule has 0 saturated carbocycles. The van der Waals surface area contributed by atoms with Crippen LogP contribution in [0.15, 0.2) is 0 Å². The molecule has 0 rings (SSSR count). The molecule has 0 aromatic heterocycles. The van der Waals surface area contributed by atoms with E-state index in [4.69, 9.17) is 6.42 Å². The molecule has 0 aliphatic heterocycles. The van der Waals surface area contributed by atoms with E-state index in [0.717, 1.165) is 6.54 Å². The number of hydrogen-bond donors (Lipinski definition) is 0. The minimum atomic E-state index is 1.05. The van der Waals surface area contributed by atoms with Crippen LogP contribution in [0, 0.1) is 12.5 Å². The fraction of sp³-hybridized carbons (Fsp3) is 0.867. The smallest absolute Gasteiger partial charge is 0.0257 e. The van der Waals surface area contributed by atoms with Gasteiger partial charge >= 0.3 is 0 Å². The van der Waals surface area contributed by atoms with Crippen molar-refractivity contribution in [2.45, 2.75) is 71.1 Å². The van der Waals surface area contributed by atoms with Gasteiger partial charge in [0.05, 0.1) is 0 Å². The summed E-state index contributed by atoms with van der Waals surface area (Å²) in [5, 5.41) is 0. The first-order chi connectivity index (χ1) is 7.81. The zero-order valence-electron chi connectivity index (χ0n) is 11.3. The normalized spacial score (nSPS) is 10.1. The molecule has 0 bridgehead atoms. The standard InChI is InChI=1S/C15H29N/c1-4-6-7-8-9-10-11-12-13-14-15-16(3)5-2/h2H,4,6-15H2,1,3H3. The molecule has 0 amide bonds. The molecule has 0 N–H and O–H groups in total. The second-order valence-electron chi connectivity index (χ2n) is 4.73. The van der Waals surface area contributed by atoms with Crippen LogP contribution in [0.4, 0.5) is 0 Å². The first-order valence-corrected chi connectivity index (χ1v) is 6.98. The highest BCUT2D eigenvalue weighted by molar-refractivity contribution is 4.81. The summed E-state index contributed by atoms with van der Waals surface area (Å²) >= 11 is 0. The fourth-order valence-electron chi connectivity index (χ4n) is 1.90. The molecule has 0 aromatic rings. The van der Waals surface area contributed by atoms with Crippen LogP contribution in [-0.2, 0) is 0 Å². The average molecular weight is 223 g/mol. The van der Waals surface area contributed by atoms with Gasteiger partial charge in [-0.3, -0.25) is 0 Å². The van der Waals surface area contributed by atoms with Gasteiger partial charge in [-0.05, 0) is 6.42 Å². The molecule has 0 aliphatic rings. The minimum Gasteiger partial charge on any atom is -0.336 e. The second kappa shape index (κ2) is 12.4. The van der Waals surface area contributed by atoms with E-state index in [1.165, 1.54) is 64.2 Å². The van der Waals surface area contributed by atoms with Gasteiger partial charge in [-0.15, -0.1) is 0 Å². The maximum absolute atomic E-state index is 5.27. The third kappa shape index (κ3) is 11.4. The highest BCUT2D eigenvalue weighted by atomic mass is 15.1. The summed E-state index contributed by atoms with van der Waals surface area (Å²) in [6.07, 6.45) is 19.1. The molecular formula is C15H29N. The van der Waals surface area contributed by atoms with E-state index in [-0.39, 0.29) is 0 Å². The van der Waals surface area contributed by atoms with Gasteiger partial charge < -0.3 is 4.90 Å². The van der Waals surface area contributed by atoms with E-state index in [1.807, 2.05) is 11.9 Å². The molecule has 1 nitrogen and oxygen atoms in total. The Bertz CT molecular complexity index is 169. The Morgan fingerprint density at radius 2 is 1.25 bits per heavy atom. The van der Waals surface area contributed by atoms with Crippen LogP contribution in [0.2, 0.25) is 0 Å². The summed E-state index contributed by atoms with van der Waals surface area (Å²) < 4.78 is 0. The highest BCUT2D eigenvalue weighted by Crippen LogP contribution is 2.10. The molecule has 0 aromatic carbocycles. The Morgan fingerprint density at radius 1 is 0.812 bits per heavy atom. The van der Waals surface area contributed by atoms with Crippen molar-refractivity contribution in [1.29, 1.82) is 0 Å². The molecule has 16 heavy (non-hydrogen) atoms. The maximum Gasteiger partial charge on any atom is 0.0257 e. The Labute approximate surface area is 103 Å². The Kier molecular flexibility index (Phi) is 11.9. The van der Waals surface area contributed by atoms with Crippen molar-refractivity contribution < 1.29 is 0 Å². The first-order valence-electron chi connectivity index (χ1n) is 6.98. The summed E-state index contributed by atoms with van der Waals surface area (Å²) in [6, 6.07) is 2.63. The lowest BCUT2D eigenvalue weighted by atomic mass is 10.1. The van der Waals surface area contributed by atoms with E-state index in [1.54, 1.807) is 0 Å². The molecule has 0 radical (unpaired) electrons. The van der Waals surface area contributed by atoms with E-state index in [2.05, 4.69) is 13.0 Å². The van der Waals surface area contributed by atoms with Gasteiger partial charge in [-0.1, -0.05) is 71.1 Å². The van der Waals surface area contributed by atoms with Crippen molar-refractivity contribution in [3.63, 3.8) is 0 Å². The summed E-state index contributed by atoms with van der Waals surface area (Å²) in [5.41, 5.74) is 0. The lowest BCUT2D eigenvalue weighted by Crippen LogP contribution is -2.11. The van der Waals surface area contributed by atoms with Crippen molar-refractivity contribution in [2.75, 3.05) is 13.6 Å². The van der Waals surface area contributed by atoms with Crippen LogP contribution in [0.25, 0.3) is 0 Å². The molecule has 0 heterocycles. The SMILES string of the molecule is C#CN(C)CCCCCCCCCCCC. The fourth-order valence-corrected chi connectivity index (χ4v) is 1.90. The monoisotopic (exact) mass is 223 g/mol. The van der Waals surface area contributed by atoms with E-state index < -0.39 is 0 Å². The van der Waals surface area contributed by atoms with E-state index in [9.17, 15) is 0 Å². The average Bonchev–Trinajstić information content (AvgIpc) is 2.31. The van der Waals surface area contributed by atoms with Crippen molar-refractivity contribution in [3.05, 3.63) is 0 Å². The van der Waals surface area contributed by atoms with Crippen LogP contribution in [0.1, 0.15) is 71.1 Å². The number of nitrogens with zero attached hydrogens (tertiary/aromatic N) is 1. The second-order valence-corrected chi connectivity index (χ2v) is 4.73. The molecule has 0 atom stereocenters. The Morgan fingerprint density at radius 3 is 1.69 bits per heavy atom. The van der Waals surface area contributed by atoms with Crippen LogP contribution in [-0.4, -0.2) is 18.5 Å². The number of unbranched alkanes of at least 4 members (excludes halogenated alkanes) is 9. The minimum absolute atomic E-state index is 1.05. The van der Waals surface area contributed by atoms with Crippen molar-refractivity contribution in [1.82, 2.24) is 4.90 Å². The van der Waals surface area contributed by atoms with Crippen LogP contribution >= 0.6 is 0 Å². The quantitative estimate of drug-likeness (QED) is 0.284. The van der Waals surface area contributed by atoms with Gasteiger partial charge in [-0.2, -0.15) is 0 Å². The van der Waals surface area contributed by atoms with Crippen molar-refractivity contribution in [3.8, 4) is 12.5 Å². The third-order valence-electron chi connectivity index (χ3n) is 3.07. The zero-order chi connectivity index (χ0) is 12.1. The lowest BCUT2D eigenvalue weighted by molar-refractivity contribution is 0.448. The maximum atomic E-state index is 5.27. The topological polar surface area (TPSA) is 3.24 Å². The molecule has 0 fully saturated rings. The molecular weight excluding hydrogens is 194 g/mol. The number of terminal acetylenes is 1. The Balaban J connectivity index is 2.96. The van der Waals surface area contributed by atoms with Crippen LogP contribution in [0.5, 0.6) is 0 Å². The predicted octanol–water partition coefficient (Wildman–Crippen LogP) is 4.43. The van der Waals surface area contributed by atoms with Gasteiger partial charge in [0.1, 0.15) is 0 Å². The predicted molar refractivity (Wildman–Crippen MR) is 73.3 cm³/mol. The van der Waals surface area contributed by atoms with Gasteiger partial charge in [0.2, 0.25) is 0 Å². The van der Waals surface area contributed by atoms with Crippen LogP contribution < -0.4 is 0 Å². The summed E-state index contributed by atoms with van der Waals surface area (Å²) in [6.45, 7) is 3.32. The largest absolute Gasteiger partial charge is 0.336 e. The Hall–Kier alpha value is -0.640. The molecule has 1 heteroatoms. The molecule has 0 spiro atoms. The van der Waals surface area contributed by atoms with Crippen molar-refractivity contribution >= 4 is 0 Å². The van der Waals surface area contributed by atoms with Crippen molar-refractivity contribution in [2.24, 2.45) is 0 Å². The first kappa shape index (κ1) is 15.4. The van der Waals surface area contributed by atoms with Crippen LogP contribution in [0.3, 0.4) is 0 Å².